The van der Waals surface area contributed by atoms with Crippen LogP contribution in [-0.2, 0) is 0 Å². The van der Waals surface area contributed by atoms with Crippen LogP contribution in [0.25, 0.3) is 0 Å². The maximum absolute atomic E-state index is 9.37. The molecule has 1 aromatic rings. The van der Waals surface area contributed by atoms with E-state index in [9.17, 15) is 5.11 Å². The fourth-order valence-electron chi connectivity index (χ4n) is 1.49. The lowest BCUT2D eigenvalue weighted by molar-refractivity contribution is 0.199. The molecule has 86 valence electrons. The molecule has 0 spiro atoms. The minimum atomic E-state index is -0.478. The number of aliphatic hydroxyl groups is 1. The van der Waals surface area contributed by atoms with Gasteiger partial charge in [-0.05, 0) is 25.0 Å². The number of hydrogen-bond donors (Lipinski definition) is 1. The number of terminal acetylenes is 1. The number of aromatic nitrogens is 1. The van der Waals surface area contributed by atoms with Crippen molar-refractivity contribution in [3.05, 3.63) is 23.9 Å². The zero-order chi connectivity index (χ0) is 12.0. The molecule has 1 heterocycles. The van der Waals surface area contributed by atoms with Crippen molar-refractivity contribution in [3.8, 4) is 12.3 Å². The quantitative estimate of drug-likeness (QED) is 0.768. The second-order valence-corrected chi connectivity index (χ2v) is 3.75. The third kappa shape index (κ3) is 3.25. The molecule has 0 fully saturated rings. The summed E-state index contributed by atoms with van der Waals surface area (Å²) in [5.74, 6) is 3.49. The molecule has 3 heteroatoms. The van der Waals surface area contributed by atoms with E-state index in [2.05, 4.69) is 17.8 Å². The zero-order valence-electron chi connectivity index (χ0n) is 9.85. The van der Waals surface area contributed by atoms with Gasteiger partial charge in [-0.25, -0.2) is 4.98 Å². The zero-order valence-corrected chi connectivity index (χ0v) is 9.85. The van der Waals surface area contributed by atoms with Gasteiger partial charge in [-0.1, -0.05) is 18.9 Å². The molecule has 16 heavy (non-hydrogen) atoms. The Labute approximate surface area is 97.1 Å². The van der Waals surface area contributed by atoms with Gasteiger partial charge >= 0.3 is 0 Å². The van der Waals surface area contributed by atoms with Crippen molar-refractivity contribution in [1.82, 2.24) is 4.98 Å². The standard InChI is InChI=1S/C13H18N2O/c1-4-8-15(9-5-2)13-7-6-12(10-14-13)11(3)16/h1,6-7,10-11,16H,5,8-9H2,2-3H3/t11-/m0/s1. The summed E-state index contributed by atoms with van der Waals surface area (Å²) in [4.78, 5) is 6.36. The van der Waals surface area contributed by atoms with Crippen molar-refractivity contribution >= 4 is 5.82 Å². The number of aliphatic hydroxyl groups excluding tert-OH is 1. The maximum atomic E-state index is 9.37. The maximum Gasteiger partial charge on any atom is 0.129 e. The number of anilines is 1. The minimum Gasteiger partial charge on any atom is -0.389 e. The van der Waals surface area contributed by atoms with Gasteiger partial charge in [0.05, 0.1) is 12.6 Å². The molecule has 0 aromatic carbocycles. The Morgan fingerprint density at radius 3 is 2.75 bits per heavy atom. The van der Waals surface area contributed by atoms with Gasteiger partial charge in [0.1, 0.15) is 5.82 Å². The first-order chi connectivity index (χ1) is 7.69. The van der Waals surface area contributed by atoms with E-state index in [0.717, 1.165) is 24.3 Å². The van der Waals surface area contributed by atoms with E-state index in [1.165, 1.54) is 0 Å². The average Bonchev–Trinajstić information content (AvgIpc) is 2.29. The topological polar surface area (TPSA) is 36.4 Å². The number of pyridine rings is 1. The van der Waals surface area contributed by atoms with Crippen LogP contribution in [-0.4, -0.2) is 23.2 Å². The van der Waals surface area contributed by atoms with Crippen LogP contribution in [0.15, 0.2) is 18.3 Å². The van der Waals surface area contributed by atoms with Crippen molar-refractivity contribution in [2.45, 2.75) is 26.4 Å². The highest BCUT2D eigenvalue weighted by atomic mass is 16.3. The molecular formula is C13H18N2O. The summed E-state index contributed by atoms with van der Waals surface area (Å²) in [5, 5.41) is 9.37. The predicted molar refractivity (Wildman–Crippen MR) is 66.2 cm³/mol. The van der Waals surface area contributed by atoms with Gasteiger partial charge in [-0.3, -0.25) is 0 Å². The molecule has 1 aromatic heterocycles. The van der Waals surface area contributed by atoms with Gasteiger partial charge in [-0.2, -0.15) is 0 Å². The van der Waals surface area contributed by atoms with Crippen LogP contribution >= 0.6 is 0 Å². The summed E-state index contributed by atoms with van der Waals surface area (Å²) in [6, 6.07) is 3.78. The molecule has 0 unspecified atom stereocenters. The highest BCUT2D eigenvalue weighted by Gasteiger charge is 2.06. The van der Waals surface area contributed by atoms with Gasteiger partial charge in [0.25, 0.3) is 0 Å². The Hall–Kier alpha value is -1.53. The van der Waals surface area contributed by atoms with Crippen LogP contribution in [0.5, 0.6) is 0 Å². The number of nitrogens with zero attached hydrogens (tertiary/aromatic N) is 2. The fourth-order valence-corrected chi connectivity index (χ4v) is 1.49. The first-order valence-electron chi connectivity index (χ1n) is 5.51. The van der Waals surface area contributed by atoms with Gasteiger partial charge in [0.15, 0.2) is 0 Å². The van der Waals surface area contributed by atoms with Crippen LogP contribution < -0.4 is 4.90 Å². The summed E-state index contributed by atoms with van der Waals surface area (Å²) in [6.45, 7) is 5.29. The lowest BCUT2D eigenvalue weighted by Crippen LogP contribution is -2.25. The molecule has 0 amide bonds. The molecule has 3 nitrogen and oxygen atoms in total. The average molecular weight is 218 g/mol. The monoisotopic (exact) mass is 218 g/mol. The molecular weight excluding hydrogens is 200 g/mol. The summed E-state index contributed by atoms with van der Waals surface area (Å²) in [7, 11) is 0. The molecule has 1 N–H and O–H groups in total. The molecule has 1 atom stereocenters. The van der Waals surface area contributed by atoms with Gasteiger partial charge in [0, 0.05) is 12.7 Å². The Kier molecular flexibility index (Phi) is 4.81. The van der Waals surface area contributed by atoms with Crippen LogP contribution in [0.3, 0.4) is 0 Å². The third-order valence-electron chi connectivity index (χ3n) is 2.35. The van der Waals surface area contributed by atoms with Crippen molar-refractivity contribution in [2.24, 2.45) is 0 Å². The van der Waals surface area contributed by atoms with E-state index in [1.807, 2.05) is 17.0 Å². The molecule has 0 saturated carbocycles. The molecule has 0 saturated heterocycles. The van der Waals surface area contributed by atoms with Crippen LogP contribution in [0.1, 0.15) is 31.9 Å². The summed E-state index contributed by atoms with van der Waals surface area (Å²) >= 11 is 0. The van der Waals surface area contributed by atoms with E-state index >= 15 is 0 Å². The highest BCUT2D eigenvalue weighted by Crippen LogP contribution is 2.15. The van der Waals surface area contributed by atoms with E-state index in [0.29, 0.717) is 6.54 Å². The Morgan fingerprint density at radius 1 is 1.56 bits per heavy atom. The SMILES string of the molecule is C#CCN(CCC)c1ccc([C@H](C)O)cn1. The minimum absolute atomic E-state index is 0.478. The largest absolute Gasteiger partial charge is 0.389 e. The smallest absolute Gasteiger partial charge is 0.129 e. The molecule has 0 aliphatic rings. The Morgan fingerprint density at radius 2 is 2.31 bits per heavy atom. The van der Waals surface area contributed by atoms with E-state index in [1.54, 1.807) is 13.1 Å². The van der Waals surface area contributed by atoms with Gasteiger partial charge in [-0.15, -0.1) is 6.42 Å². The summed E-state index contributed by atoms with van der Waals surface area (Å²) in [6.07, 6.45) is 7.56. The van der Waals surface area contributed by atoms with Crippen molar-refractivity contribution in [3.63, 3.8) is 0 Å². The van der Waals surface area contributed by atoms with E-state index in [-0.39, 0.29) is 0 Å². The van der Waals surface area contributed by atoms with E-state index < -0.39 is 6.10 Å². The second-order valence-electron chi connectivity index (χ2n) is 3.75. The normalized spacial score (nSPS) is 11.9. The lowest BCUT2D eigenvalue weighted by atomic mass is 10.2. The lowest BCUT2D eigenvalue weighted by Gasteiger charge is -2.20. The Bertz CT molecular complexity index is 351. The van der Waals surface area contributed by atoms with Crippen LogP contribution in [0.4, 0.5) is 5.82 Å². The van der Waals surface area contributed by atoms with Gasteiger partial charge < -0.3 is 10.0 Å². The van der Waals surface area contributed by atoms with Crippen LogP contribution in [0, 0.1) is 12.3 Å². The number of rotatable bonds is 5. The predicted octanol–water partition coefficient (Wildman–Crippen LogP) is 1.98. The van der Waals surface area contributed by atoms with E-state index in [4.69, 9.17) is 6.42 Å². The highest BCUT2D eigenvalue weighted by molar-refractivity contribution is 5.40. The fraction of sp³-hybridized carbons (Fsp3) is 0.462. The second kappa shape index (κ2) is 6.14. The van der Waals surface area contributed by atoms with Crippen molar-refractivity contribution in [1.29, 1.82) is 0 Å². The van der Waals surface area contributed by atoms with Gasteiger partial charge in [0.2, 0.25) is 0 Å². The Balaban J connectivity index is 2.81. The summed E-state index contributed by atoms with van der Waals surface area (Å²) < 4.78 is 0. The van der Waals surface area contributed by atoms with Crippen molar-refractivity contribution in [2.75, 3.05) is 18.0 Å². The molecule has 0 radical (unpaired) electrons. The first kappa shape index (κ1) is 12.5. The van der Waals surface area contributed by atoms with Crippen molar-refractivity contribution < 1.29 is 5.11 Å². The molecule has 0 aliphatic heterocycles. The first-order valence-corrected chi connectivity index (χ1v) is 5.51. The molecule has 1 rings (SSSR count). The third-order valence-corrected chi connectivity index (χ3v) is 2.35. The summed E-state index contributed by atoms with van der Waals surface area (Å²) in [5.41, 5.74) is 0.820. The number of hydrogen-bond acceptors (Lipinski definition) is 3. The van der Waals surface area contributed by atoms with Crippen LogP contribution in [0.2, 0.25) is 0 Å². The molecule has 0 bridgehead atoms. The molecule has 0 aliphatic carbocycles.